The first-order chi connectivity index (χ1) is 9.72. The van der Waals surface area contributed by atoms with Gasteiger partial charge in [-0.25, -0.2) is 17.9 Å². The van der Waals surface area contributed by atoms with E-state index in [1.165, 1.54) is 14.1 Å². The Hall–Kier alpha value is -1.16. The van der Waals surface area contributed by atoms with Crippen LogP contribution in [0.5, 0.6) is 0 Å². The zero-order valence-corrected chi connectivity index (χ0v) is 14.3. The standard InChI is InChI=1S/C12H20N4O4S.ClH/c1-8-6-9(4-5-13-8)14-21(19,20)10-7-15(2)12(18)16(3)11(10)17;/h7-9,13-14H,4-6H2,1-3H3;1H. The molecule has 2 unspecified atom stereocenters. The summed E-state index contributed by atoms with van der Waals surface area (Å²) in [5.74, 6) is 0. The SMILES string of the molecule is CC1CC(NS(=O)(=O)c2cn(C)c(=O)n(C)c2=O)CCN1.Cl. The summed E-state index contributed by atoms with van der Waals surface area (Å²) in [4.78, 5) is 23.2. The highest BCUT2D eigenvalue weighted by Gasteiger charge is 2.27. The summed E-state index contributed by atoms with van der Waals surface area (Å²) in [7, 11) is -1.28. The molecule has 2 N–H and O–H groups in total. The van der Waals surface area contributed by atoms with E-state index in [2.05, 4.69) is 10.0 Å². The lowest BCUT2D eigenvalue weighted by molar-refractivity contribution is 0.361. The van der Waals surface area contributed by atoms with Crippen LogP contribution >= 0.6 is 12.4 Å². The smallest absolute Gasteiger partial charge is 0.314 e. The predicted octanol–water partition coefficient (Wildman–Crippen LogP) is -1.08. The number of nitrogens with zero attached hydrogens (tertiary/aromatic N) is 2. The molecule has 0 saturated carbocycles. The first kappa shape index (κ1) is 18.9. The molecular formula is C12H21ClN4O4S. The number of aromatic nitrogens is 2. The van der Waals surface area contributed by atoms with Crippen molar-refractivity contribution >= 4 is 22.4 Å². The average molecular weight is 353 g/mol. The van der Waals surface area contributed by atoms with Crippen molar-refractivity contribution in [3.05, 3.63) is 27.0 Å². The molecular weight excluding hydrogens is 332 g/mol. The van der Waals surface area contributed by atoms with E-state index in [4.69, 9.17) is 0 Å². The van der Waals surface area contributed by atoms with Gasteiger partial charge in [0.15, 0.2) is 4.90 Å². The highest BCUT2D eigenvalue weighted by Crippen LogP contribution is 2.11. The minimum Gasteiger partial charge on any atom is -0.314 e. The third kappa shape index (κ3) is 3.78. The molecule has 22 heavy (non-hydrogen) atoms. The number of rotatable bonds is 3. The quantitative estimate of drug-likeness (QED) is 0.720. The summed E-state index contributed by atoms with van der Waals surface area (Å²) in [6.07, 6.45) is 2.39. The van der Waals surface area contributed by atoms with Crippen LogP contribution in [0.25, 0.3) is 0 Å². The van der Waals surface area contributed by atoms with Crippen molar-refractivity contribution < 1.29 is 8.42 Å². The van der Waals surface area contributed by atoms with E-state index in [9.17, 15) is 18.0 Å². The van der Waals surface area contributed by atoms with Crippen LogP contribution in [0.3, 0.4) is 0 Å². The second-order valence-electron chi connectivity index (χ2n) is 5.45. The fourth-order valence-electron chi connectivity index (χ4n) is 2.48. The number of hydrogen-bond donors (Lipinski definition) is 2. The van der Waals surface area contributed by atoms with E-state index >= 15 is 0 Å². The molecule has 0 amide bonds. The lowest BCUT2D eigenvalue weighted by Crippen LogP contribution is -2.48. The van der Waals surface area contributed by atoms with Crippen molar-refractivity contribution in [2.45, 2.75) is 36.7 Å². The molecule has 2 rings (SSSR count). The van der Waals surface area contributed by atoms with Crippen molar-refractivity contribution in [2.24, 2.45) is 14.1 Å². The molecule has 1 fully saturated rings. The van der Waals surface area contributed by atoms with Gasteiger partial charge in [-0.2, -0.15) is 0 Å². The maximum atomic E-state index is 12.4. The molecule has 1 aromatic heterocycles. The Labute approximate surface area is 135 Å². The largest absolute Gasteiger partial charge is 0.330 e. The Morgan fingerprint density at radius 2 is 1.95 bits per heavy atom. The van der Waals surface area contributed by atoms with Crippen LogP contribution in [0.15, 0.2) is 20.7 Å². The monoisotopic (exact) mass is 352 g/mol. The number of aryl methyl sites for hydroxylation is 1. The Morgan fingerprint density at radius 1 is 1.32 bits per heavy atom. The van der Waals surface area contributed by atoms with Gasteiger partial charge in [-0.15, -0.1) is 12.4 Å². The van der Waals surface area contributed by atoms with Gasteiger partial charge in [-0.1, -0.05) is 0 Å². The van der Waals surface area contributed by atoms with Crippen molar-refractivity contribution in [1.82, 2.24) is 19.2 Å². The van der Waals surface area contributed by atoms with Crippen LogP contribution in [0, 0.1) is 0 Å². The molecule has 1 saturated heterocycles. The minimum atomic E-state index is -3.95. The first-order valence-electron chi connectivity index (χ1n) is 6.74. The normalized spacial score (nSPS) is 22.1. The van der Waals surface area contributed by atoms with Gasteiger partial charge in [-0.05, 0) is 26.3 Å². The Bertz CT molecular complexity index is 755. The molecule has 1 aromatic rings. The van der Waals surface area contributed by atoms with Gasteiger partial charge in [-0.3, -0.25) is 9.36 Å². The molecule has 10 heteroatoms. The molecule has 2 heterocycles. The van der Waals surface area contributed by atoms with Crippen LogP contribution in [0.4, 0.5) is 0 Å². The molecule has 0 radical (unpaired) electrons. The first-order valence-corrected chi connectivity index (χ1v) is 8.23. The van der Waals surface area contributed by atoms with Crippen LogP contribution < -0.4 is 21.3 Å². The van der Waals surface area contributed by atoms with Crippen LogP contribution in [0.1, 0.15) is 19.8 Å². The fourth-order valence-corrected chi connectivity index (χ4v) is 3.92. The van der Waals surface area contributed by atoms with Crippen LogP contribution in [0.2, 0.25) is 0 Å². The molecule has 0 aromatic carbocycles. The van der Waals surface area contributed by atoms with E-state index in [-0.39, 0.29) is 24.5 Å². The predicted molar refractivity (Wildman–Crippen MR) is 85.0 cm³/mol. The molecule has 126 valence electrons. The molecule has 8 nitrogen and oxygen atoms in total. The highest BCUT2D eigenvalue weighted by atomic mass is 35.5. The van der Waals surface area contributed by atoms with E-state index in [1.807, 2.05) is 6.92 Å². The van der Waals surface area contributed by atoms with Crippen LogP contribution in [-0.2, 0) is 24.1 Å². The summed E-state index contributed by atoms with van der Waals surface area (Å²) >= 11 is 0. The van der Waals surface area contributed by atoms with Crippen molar-refractivity contribution in [3.8, 4) is 0 Å². The third-order valence-corrected chi connectivity index (χ3v) is 5.15. The molecule has 0 bridgehead atoms. The van der Waals surface area contributed by atoms with Crippen molar-refractivity contribution in [1.29, 1.82) is 0 Å². The van der Waals surface area contributed by atoms with Gasteiger partial charge < -0.3 is 9.88 Å². The van der Waals surface area contributed by atoms with E-state index < -0.39 is 26.2 Å². The maximum Gasteiger partial charge on any atom is 0.330 e. The van der Waals surface area contributed by atoms with Crippen molar-refractivity contribution in [2.75, 3.05) is 6.54 Å². The fraction of sp³-hybridized carbons (Fsp3) is 0.667. The highest BCUT2D eigenvalue weighted by molar-refractivity contribution is 7.89. The number of nitrogens with one attached hydrogen (secondary N) is 2. The Morgan fingerprint density at radius 3 is 2.55 bits per heavy atom. The maximum absolute atomic E-state index is 12.4. The summed E-state index contributed by atoms with van der Waals surface area (Å²) in [6.45, 7) is 2.70. The number of hydrogen-bond acceptors (Lipinski definition) is 5. The summed E-state index contributed by atoms with van der Waals surface area (Å²) in [5.41, 5.74) is -1.37. The van der Waals surface area contributed by atoms with Gasteiger partial charge in [0.1, 0.15) is 0 Å². The minimum absolute atomic E-state index is 0. The van der Waals surface area contributed by atoms with Gasteiger partial charge in [0.05, 0.1) is 0 Å². The van der Waals surface area contributed by atoms with Gasteiger partial charge >= 0.3 is 5.69 Å². The van der Waals surface area contributed by atoms with Gasteiger partial charge in [0.25, 0.3) is 5.56 Å². The zero-order valence-electron chi connectivity index (χ0n) is 12.7. The van der Waals surface area contributed by atoms with E-state index in [0.29, 0.717) is 12.8 Å². The molecule has 0 spiro atoms. The van der Waals surface area contributed by atoms with E-state index in [0.717, 1.165) is 21.9 Å². The average Bonchev–Trinajstić information content (AvgIpc) is 2.40. The topological polar surface area (TPSA) is 102 Å². The molecule has 2 atom stereocenters. The molecule has 0 aliphatic carbocycles. The second-order valence-corrected chi connectivity index (χ2v) is 7.13. The Balaban J connectivity index is 0.00000242. The van der Waals surface area contributed by atoms with E-state index in [1.54, 1.807) is 0 Å². The number of halogens is 1. The lowest BCUT2D eigenvalue weighted by atomic mass is 10.0. The summed E-state index contributed by atoms with van der Waals surface area (Å²) in [5, 5.41) is 3.23. The lowest BCUT2D eigenvalue weighted by Gasteiger charge is -2.28. The second kappa shape index (κ2) is 6.95. The summed E-state index contributed by atoms with van der Waals surface area (Å²) in [6, 6.07) is 0.00241. The summed E-state index contributed by atoms with van der Waals surface area (Å²) < 4.78 is 29.2. The number of sulfonamides is 1. The third-order valence-electron chi connectivity index (χ3n) is 3.65. The van der Waals surface area contributed by atoms with Gasteiger partial charge in [0.2, 0.25) is 10.0 Å². The zero-order chi connectivity index (χ0) is 15.8. The molecule has 1 aliphatic heterocycles. The van der Waals surface area contributed by atoms with Gasteiger partial charge in [0, 0.05) is 32.4 Å². The number of piperidine rings is 1. The van der Waals surface area contributed by atoms with Crippen LogP contribution in [-0.4, -0.2) is 36.2 Å². The Kier molecular flexibility index (Phi) is 5.96. The molecule has 1 aliphatic rings. The van der Waals surface area contributed by atoms with Crippen molar-refractivity contribution in [3.63, 3.8) is 0 Å².